The molecule has 0 saturated carbocycles. The van der Waals surface area contributed by atoms with Gasteiger partial charge in [0.1, 0.15) is 11.1 Å². The molecule has 2 N–H and O–H groups in total. The van der Waals surface area contributed by atoms with E-state index < -0.39 is 63.7 Å². The van der Waals surface area contributed by atoms with Gasteiger partial charge in [0.05, 0.1) is 22.5 Å². The van der Waals surface area contributed by atoms with E-state index >= 15 is 0 Å². The number of fused-ring (bicyclic) bond motifs is 2. The summed E-state index contributed by atoms with van der Waals surface area (Å²) < 4.78 is 86.4. The van der Waals surface area contributed by atoms with E-state index in [0.717, 1.165) is 17.0 Å². The molecule has 34 heavy (non-hydrogen) atoms. The van der Waals surface area contributed by atoms with Crippen molar-refractivity contribution < 1.29 is 50.9 Å². The molecule has 1 aliphatic rings. The molecule has 1 heterocycles. The minimum absolute atomic E-state index is 0.0485. The van der Waals surface area contributed by atoms with Crippen LogP contribution in [0.5, 0.6) is 11.5 Å². The Morgan fingerprint density at radius 3 is 1.47 bits per heavy atom. The summed E-state index contributed by atoms with van der Waals surface area (Å²) in [5.74, 6) is -3.90. The van der Waals surface area contributed by atoms with Crippen molar-refractivity contribution in [2.24, 2.45) is 0 Å². The van der Waals surface area contributed by atoms with Gasteiger partial charge >= 0.3 is 24.3 Å². The number of carbonyl (C=O) groups is 2. The van der Waals surface area contributed by atoms with Crippen molar-refractivity contribution >= 4 is 29.0 Å². The van der Waals surface area contributed by atoms with E-state index in [0.29, 0.717) is 12.1 Å². The summed E-state index contributed by atoms with van der Waals surface area (Å²) in [6, 6.07) is 7.96. The van der Waals surface area contributed by atoms with Crippen LogP contribution < -0.4 is 9.64 Å². The molecule has 3 aromatic rings. The Balaban J connectivity index is 2.09. The number of para-hydroxylation sites is 2. The molecule has 0 aliphatic carbocycles. The number of carboxylic acid groups (broad SMARTS) is 2. The van der Waals surface area contributed by atoms with Gasteiger partial charge in [0.25, 0.3) is 0 Å². The lowest BCUT2D eigenvalue weighted by Crippen LogP contribution is -2.21. The highest BCUT2D eigenvalue weighted by Gasteiger charge is 2.39. The van der Waals surface area contributed by atoms with Crippen LogP contribution in [0, 0.1) is 0 Å². The average molecular weight is 483 g/mol. The zero-order valence-electron chi connectivity index (χ0n) is 16.5. The third-order valence-corrected chi connectivity index (χ3v) is 4.97. The number of nitrogens with zero attached hydrogens (tertiary/aromatic N) is 1. The van der Waals surface area contributed by atoms with Crippen LogP contribution in [0.25, 0.3) is 0 Å². The smallest absolute Gasteiger partial charge is 0.416 e. The molecule has 0 aromatic heterocycles. The number of ether oxygens (including phenoxy) is 1. The molecule has 0 bridgehead atoms. The number of hydrogen-bond acceptors (Lipinski definition) is 4. The Hall–Kier alpha value is -4.22. The number of alkyl halides is 6. The fourth-order valence-corrected chi connectivity index (χ4v) is 3.53. The number of benzene rings is 3. The fourth-order valence-electron chi connectivity index (χ4n) is 3.53. The van der Waals surface area contributed by atoms with Crippen molar-refractivity contribution in [2.45, 2.75) is 12.4 Å². The molecule has 0 atom stereocenters. The maximum Gasteiger partial charge on any atom is 0.416 e. The van der Waals surface area contributed by atoms with Gasteiger partial charge in [-0.15, -0.1) is 0 Å². The fraction of sp³-hybridized carbons (Fsp3) is 0.0909. The molecule has 12 heteroatoms. The van der Waals surface area contributed by atoms with Crippen molar-refractivity contribution in [1.82, 2.24) is 0 Å². The second-order valence-corrected chi connectivity index (χ2v) is 7.12. The van der Waals surface area contributed by atoms with E-state index in [1.807, 2.05) is 0 Å². The predicted molar refractivity (Wildman–Crippen MR) is 105 cm³/mol. The summed E-state index contributed by atoms with van der Waals surface area (Å²) >= 11 is 0. The van der Waals surface area contributed by atoms with E-state index in [1.54, 1.807) is 0 Å². The monoisotopic (exact) mass is 483 g/mol. The van der Waals surface area contributed by atoms with Crippen LogP contribution >= 0.6 is 0 Å². The van der Waals surface area contributed by atoms with Gasteiger partial charge in [0.2, 0.25) is 0 Å². The van der Waals surface area contributed by atoms with Crippen LogP contribution in [-0.2, 0) is 12.4 Å². The van der Waals surface area contributed by atoms with Gasteiger partial charge in [-0.05, 0) is 42.5 Å². The van der Waals surface area contributed by atoms with E-state index in [1.165, 1.54) is 24.3 Å². The minimum Gasteiger partial charge on any atom is -0.478 e. The van der Waals surface area contributed by atoms with Gasteiger partial charge < -0.3 is 19.8 Å². The normalized spacial score (nSPS) is 13.1. The molecule has 6 nitrogen and oxygen atoms in total. The van der Waals surface area contributed by atoms with Gasteiger partial charge in [-0.1, -0.05) is 12.1 Å². The van der Waals surface area contributed by atoms with E-state index in [2.05, 4.69) is 0 Å². The van der Waals surface area contributed by atoms with Crippen LogP contribution in [0.1, 0.15) is 31.8 Å². The molecule has 0 fully saturated rings. The quantitative estimate of drug-likeness (QED) is 0.316. The first-order chi connectivity index (χ1) is 15.8. The Kier molecular flexibility index (Phi) is 5.18. The number of rotatable bonds is 3. The van der Waals surface area contributed by atoms with Crippen molar-refractivity contribution in [3.8, 4) is 11.5 Å². The Bertz CT molecular complexity index is 1240. The summed E-state index contributed by atoms with van der Waals surface area (Å²) in [7, 11) is 0. The lowest BCUT2D eigenvalue weighted by atomic mass is 10.0. The second-order valence-electron chi connectivity index (χ2n) is 7.12. The molecule has 0 spiro atoms. The van der Waals surface area contributed by atoms with Crippen molar-refractivity contribution in [2.75, 3.05) is 4.90 Å². The highest BCUT2D eigenvalue weighted by atomic mass is 19.4. The number of hydrogen-bond donors (Lipinski definition) is 2. The van der Waals surface area contributed by atoms with Crippen molar-refractivity contribution in [3.05, 3.63) is 76.9 Å². The predicted octanol–water partition coefficient (Wildman–Crippen LogP) is 6.70. The highest BCUT2D eigenvalue weighted by Crippen LogP contribution is 2.53. The van der Waals surface area contributed by atoms with E-state index in [-0.39, 0.29) is 17.4 Å². The van der Waals surface area contributed by atoms with Gasteiger partial charge in [-0.25, -0.2) is 9.59 Å². The minimum atomic E-state index is -5.14. The zero-order chi connectivity index (χ0) is 25.0. The first-order valence-corrected chi connectivity index (χ1v) is 9.29. The van der Waals surface area contributed by atoms with Gasteiger partial charge in [0, 0.05) is 5.69 Å². The number of halogens is 6. The first-order valence-electron chi connectivity index (χ1n) is 9.29. The topological polar surface area (TPSA) is 87.1 Å². The van der Waals surface area contributed by atoms with Crippen molar-refractivity contribution in [1.29, 1.82) is 0 Å². The molecular weight excluding hydrogens is 472 g/mol. The van der Waals surface area contributed by atoms with Crippen molar-refractivity contribution in [3.63, 3.8) is 0 Å². The summed E-state index contributed by atoms with van der Waals surface area (Å²) in [6.45, 7) is 0. The molecule has 4 rings (SSSR count). The molecule has 0 saturated heterocycles. The summed E-state index contributed by atoms with van der Waals surface area (Å²) in [5, 5.41) is 19.0. The standard InChI is InChI=1S/C22H11F6NO5/c23-21(24,25)10-7-11(22(26,27)28)9-12(8-10)29-15-5-1-3-13(19(30)31)17(15)34-18-14(20(32)33)4-2-6-16(18)29/h1-9H,(H,30,31)(H,32,33). The molecule has 0 amide bonds. The Morgan fingerprint density at radius 1 is 0.706 bits per heavy atom. The lowest BCUT2D eigenvalue weighted by Gasteiger charge is -2.34. The third kappa shape index (κ3) is 3.87. The SMILES string of the molecule is O=C(O)c1cccc2c1Oc1c(C(=O)O)cccc1N2c1cc(C(F)(F)F)cc(C(F)(F)F)c1. The summed E-state index contributed by atoms with van der Waals surface area (Å²) in [5.41, 5.74) is -5.16. The lowest BCUT2D eigenvalue weighted by molar-refractivity contribution is -0.143. The number of anilines is 3. The summed E-state index contributed by atoms with van der Waals surface area (Å²) in [6.07, 6.45) is -10.3. The molecule has 0 unspecified atom stereocenters. The average Bonchev–Trinajstić information content (AvgIpc) is 2.74. The van der Waals surface area contributed by atoms with Crippen LogP contribution in [0.4, 0.5) is 43.4 Å². The maximum atomic E-state index is 13.5. The zero-order valence-corrected chi connectivity index (χ0v) is 16.5. The van der Waals surface area contributed by atoms with Gasteiger partial charge in [0.15, 0.2) is 11.5 Å². The number of carboxylic acids is 2. The van der Waals surface area contributed by atoms with Crippen LogP contribution in [0.2, 0.25) is 0 Å². The molecule has 3 aromatic carbocycles. The number of aromatic carboxylic acids is 2. The highest BCUT2D eigenvalue weighted by molar-refractivity contribution is 6.01. The van der Waals surface area contributed by atoms with E-state index in [9.17, 15) is 46.1 Å². The molecule has 176 valence electrons. The molecule has 0 radical (unpaired) electrons. The van der Waals surface area contributed by atoms with Crippen LogP contribution in [0.15, 0.2) is 54.6 Å². The van der Waals surface area contributed by atoms with Gasteiger partial charge in [-0.2, -0.15) is 26.3 Å². The van der Waals surface area contributed by atoms with Crippen LogP contribution in [0.3, 0.4) is 0 Å². The Labute approximate surface area is 186 Å². The summed E-state index contributed by atoms with van der Waals surface area (Å²) in [4.78, 5) is 24.3. The van der Waals surface area contributed by atoms with Gasteiger partial charge in [-0.3, -0.25) is 0 Å². The van der Waals surface area contributed by atoms with E-state index in [4.69, 9.17) is 4.74 Å². The molecular formula is C22H11F6NO5. The largest absolute Gasteiger partial charge is 0.478 e. The maximum absolute atomic E-state index is 13.5. The van der Waals surface area contributed by atoms with Crippen LogP contribution in [-0.4, -0.2) is 22.2 Å². The third-order valence-electron chi connectivity index (χ3n) is 4.97. The first kappa shape index (κ1) is 23.0. The Morgan fingerprint density at radius 2 is 1.12 bits per heavy atom. The molecule has 1 aliphatic heterocycles. The second kappa shape index (κ2) is 7.68.